The average Bonchev–Trinajstić information content (AvgIpc) is 2.63. The van der Waals surface area contributed by atoms with Crippen LogP contribution in [0.25, 0.3) is 0 Å². The van der Waals surface area contributed by atoms with Crippen molar-refractivity contribution in [1.82, 2.24) is 10.6 Å². The van der Waals surface area contributed by atoms with Crippen molar-refractivity contribution in [3.05, 3.63) is 0 Å². The van der Waals surface area contributed by atoms with Gasteiger partial charge in [-0.3, -0.25) is 14.4 Å². The van der Waals surface area contributed by atoms with Crippen LogP contribution in [0.3, 0.4) is 0 Å². The smallest absolute Gasteiger partial charge is 0.245 e. The lowest BCUT2D eigenvalue weighted by atomic mass is 9.90. The largest absolute Gasteiger partial charge is 0.391 e. The van der Waals surface area contributed by atoms with Crippen molar-refractivity contribution < 1.29 is 19.5 Å². The van der Waals surface area contributed by atoms with E-state index < -0.39 is 30.0 Å². The topological polar surface area (TPSA) is 148 Å². The van der Waals surface area contributed by atoms with Gasteiger partial charge in [0.25, 0.3) is 0 Å². The van der Waals surface area contributed by atoms with Crippen molar-refractivity contribution in [3.8, 4) is 0 Å². The molecule has 0 aliphatic carbocycles. The van der Waals surface area contributed by atoms with Gasteiger partial charge in [-0.1, -0.05) is 40.5 Å². The summed E-state index contributed by atoms with van der Waals surface area (Å²) in [6.45, 7) is 9.07. The van der Waals surface area contributed by atoms with Crippen molar-refractivity contribution in [2.75, 3.05) is 13.1 Å². The first-order valence-electron chi connectivity index (χ1n) is 9.85. The summed E-state index contributed by atoms with van der Waals surface area (Å²) >= 11 is 0. The third-order valence-electron chi connectivity index (χ3n) is 4.96. The standard InChI is InChI=1S/C19H38N4O4/c1-6-13(7-2)8-14(9-20)18(26)23-16(12(5)24)19(27)22-15(10-21)17(25)11(3)4/h11-16,24H,6-10,20-21H2,1-5H3,(H,22,27)(H,23,26)/t12-,14?,15-,16-/m0/s1. The highest BCUT2D eigenvalue weighted by Crippen LogP contribution is 2.19. The number of amides is 2. The van der Waals surface area contributed by atoms with Crippen LogP contribution in [-0.4, -0.2) is 54.0 Å². The Morgan fingerprint density at radius 3 is 1.85 bits per heavy atom. The SMILES string of the molecule is CCC(CC)CC(CN)C(=O)N[C@H](C(=O)N[C@@H](CN)C(=O)C(C)C)[C@H](C)O. The molecule has 27 heavy (non-hydrogen) atoms. The van der Waals surface area contributed by atoms with Gasteiger partial charge in [0.05, 0.1) is 18.1 Å². The molecule has 158 valence electrons. The van der Waals surface area contributed by atoms with Gasteiger partial charge in [0.1, 0.15) is 6.04 Å². The highest BCUT2D eigenvalue weighted by molar-refractivity contribution is 5.94. The van der Waals surface area contributed by atoms with Crippen LogP contribution in [-0.2, 0) is 14.4 Å². The molecule has 2 amide bonds. The first-order chi connectivity index (χ1) is 12.6. The Morgan fingerprint density at radius 1 is 0.926 bits per heavy atom. The zero-order valence-electron chi connectivity index (χ0n) is 17.3. The van der Waals surface area contributed by atoms with E-state index in [9.17, 15) is 19.5 Å². The van der Waals surface area contributed by atoms with Gasteiger partial charge in [0.2, 0.25) is 11.8 Å². The number of aliphatic hydroxyl groups is 1. The fourth-order valence-corrected chi connectivity index (χ4v) is 2.92. The Hall–Kier alpha value is -1.51. The second-order valence-corrected chi connectivity index (χ2v) is 7.43. The van der Waals surface area contributed by atoms with Gasteiger partial charge in [-0.15, -0.1) is 0 Å². The van der Waals surface area contributed by atoms with Crippen LogP contribution >= 0.6 is 0 Å². The van der Waals surface area contributed by atoms with E-state index in [-0.39, 0.29) is 30.7 Å². The molecule has 0 bridgehead atoms. The van der Waals surface area contributed by atoms with Crippen LogP contribution in [0.2, 0.25) is 0 Å². The molecular weight excluding hydrogens is 348 g/mol. The number of rotatable bonds is 13. The summed E-state index contributed by atoms with van der Waals surface area (Å²) in [7, 11) is 0. The van der Waals surface area contributed by atoms with Crippen LogP contribution in [0.4, 0.5) is 0 Å². The molecule has 0 rings (SSSR count). The molecule has 0 aliphatic heterocycles. The van der Waals surface area contributed by atoms with Crippen LogP contribution in [0.15, 0.2) is 0 Å². The molecule has 4 atom stereocenters. The molecule has 8 heteroatoms. The average molecular weight is 387 g/mol. The number of ketones is 1. The first-order valence-corrected chi connectivity index (χ1v) is 9.85. The van der Waals surface area contributed by atoms with Gasteiger partial charge in [-0.05, 0) is 19.3 Å². The van der Waals surface area contributed by atoms with E-state index in [4.69, 9.17) is 11.5 Å². The number of aliphatic hydroxyl groups excluding tert-OH is 1. The van der Waals surface area contributed by atoms with Crippen LogP contribution in [0.5, 0.6) is 0 Å². The minimum Gasteiger partial charge on any atom is -0.391 e. The van der Waals surface area contributed by atoms with E-state index in [1.807, 2.05) is 0 Å². The fraction of sp³-hybridized carbons (Fsp3) is 0.842. The number of hydrogen-bond donors (Lipinski definition) is 5. The third-order valence-corrected chi connectivity index (χ3v) is 4.96. The summed E-state index contributed by atoms with van der Waals surface area (Å²) in [6.07, 6.45) is 1.38. The minimum atomic E-state index is -1.18. The summed E-state index contributed by atoms with van der Waals surface area (Å²) in [5.41, 5.74) is 11.3. The molecule has 0 fully saturated rings. The minimum absolute atomic E-state index is 0.0522. The van der Waals surface area contributed by atoms with Gasteiger partial charge in [-0.25, -0.2) is 0 Å². The Morgan fingerprint density at radius 2 is 1.48 bits per heavy atom. The van der Waals surface area contributed by atoms with Gasteiger partial charge >= 0.3 is 0 Å². The summed E-state index contributed by atoms with van der Waals surface area (Å²) < 4.78 is 0. The molecule has 0 spiro atoms. The Balaban J connectivity index is 5.12. The lowest BCUT2D eigenvalue weighted by molar-refractivity contribution is -0.135. The van der Waals surface area contributed by atoms with Crippen molar-refractivity contribution in [2.24, 2.45) is 29.2 Å². The number of carbonyl (C=O) groups excluding carboxylic acids is 3. The lowest BCUT2D eigenvalue weighted by Gasteiger charge is -2.27. The second-order valence-electron chi connectivity index (χ2n) is 7.43. The lowest BCUT2D eigenvalue weighted by Crippen LogP contribution is -2.58. The summed E-state index contributed by atoms with van der Waals surface area (Å²) in [5.74, 6) is -1.57. The van der Waals surface area contributed by atoms with E-state index >= 15 is 0 Å². The van der Waals surface area contributed by atoms with E-state index in [0.29, 0.717) is 12.3 Å². The summed E-state index contributed by atoms with van der Waals surface area (Å²) in [5, 5.41) is 15.1. The molecule has 0 saturated heterocycles. The molecule has 0 saturated carbocycles. The molecule has 8 nitrogen and oxygen atoms in total. The summed E-state index contributed by atoms with van der Waals surface area (Å²) in [6, 6.07) is -2.03. The predicted octanol–water partition coefficient (Wildman–Crippen LogP) is -0.0782. The highest BCUT2D eigenvalue weighted by Gasteiger charge is 2.32. The molecular formula is C19H38N4O4. The van der Waals surface area contributed by atoms with E-state index in [1.54, 1.807) is 13.8 Å². The number of nitrogens with two attached hydrogens (primary N) is 2. The maximum Gasteiger partial charge on any atom is 0.245 e. The van der Waals surface area contributed by atoms with Gasteiger partial charge < -0.3 is 27.2 Å². The second kappa shape index (κ2) is 12.8. The van der Waals surface area contributed by atoms with Crippen molar-refractivity contribution in [2.45, 2.75) is 72.1 Å². The molecule has 0 aromatic carbocycles. The molecule has 1 unspecified atom stereocenters. The highest BCUT2D eigenvalue weighted by atomic mass is 16.3. The monoisotopic (exact) mass is 386 g/mol. The van der Waals surface area contributed by atoms with Gasteiger partial charge in [0, 0.05) is 19.0 Å². The third kappa shape index (κ3) is 8.36. The fourth-order valence-electron chi connectivity index (χ4n) is 2.92. The van der Waals surface area contributed by atoms with Gasteiger partial charge in [0.15, 0.2) is 5.78 Å². The molecule has 7 N–H and O–H groups in total. The predicted molar refractivity (Wildman–Crippen MR) is 106 cm³/mol. The number of nitrogens with one attached hydrogen (secondary N) is 2. The van der Waals surface area contributed by atoms with Crippen molar-refractivity contribution in [3.63, 3.8) is 0 Å². The molecule has 0 aromatic heterocycles. The first kappa shape index (κ1) is 25.5. The van der Waals surface area contributed by atoms with Crippen LogP contribution in [0.1, 0.15) is 53.9 Å². The van der Waals surface area contributed by atoms with E-state index in [1.165, 1.54) is 6.92 Å². The zero-order chi connectivity index (χ0) is 21.1. The van der Waals surface area contributed by atoms with Crippen molar-refractivity contribution >= 4 is 17.6 Å². The normalized spacial score (nSPS) is 15.9. The number of Topliss-reactive ketones (excluding diaryl/α,β-unsaturated/α-hetero) is 1. The van der Waals surface area contributed by atoms with Crippen LogP contribution in [0, 0.1) is 17.8 Å². The number of hydrogen-bond acceptors (Lipinski definition) is 6. The van der Waals surface area contributed by atoms with Crippen LogP contribution < -0.4 is 22.1 Å². The van der Waals surface area contributed by atoms with E-state index in [0.717, 1.165) is 12.8 Å². The summed E-state index contributed by atoms with van der Waals surface area (Å²) in [4.78, 5) is 37.2. The van der Waals surface area contributed by atoms with Gasteiger partial charge in [-0.2, -0.15) is 0 Å². The van der Waals surface area contributed by atoms with E-state index in [2.05, 4.69) is 24.5 Å². The molecule has 0 radical (unpaired) electrons. The van der Waals surface area contributed by atoms with Crippen molar-refractivity contribution in [1.29, 1.82) is 0 Å². The molecule has 0 aromatic rings. The Bertz CT molecular complexity index is 478. The zero-order valence-corrected chi connectivity index (χ0v) is 17.3. The molecule has 0 aliphatic rings. The Labute approximate surface area is 162 Å². The Kier molecular flexibility index (Phi) is 12.1. The number of carbonyl (C=O) groups is 3. The maximum absolute atomic E-state index is 12.6. The molecule has 0 heterocycles. The quantitative estimate of drug-likeness (QED) is 0.299. The maximum atomic E-state index is 12.6.